The second-order valence-electron chi connectivity index (χ2n) is 4.24. The van der Waals surface area contributed by atoms with Crippen molar-refractivity contribution in [3.63, 3.8) is 0 Å². The van der Waals surface area contributed by atoms with Crippen LogP contribution in [0.2, 0.25) is 0 Å². The molecular weight excluding hydrogens is 266 g/mol. The molecule has 0 aliphatic carbocycles. The maximum absolute atomic E-state index is 12.1. The molecule has 104 valence electrons. The third-order valence-electron chi connectivity index (χ3n) is 2.78. The van der Waals surface area contributed by atoms with E-state index in [1.807, 2.05) is 12.1 Å². The second kappa shape index (κ2) is 7.79. The van der Waals surface area contributed by atoms with Gasteiger partial charge in [-0.1, -0.05) is 12.1 Å². The Balaban J connectivity index is 2.53. The molecule has 0 unspecified atom stereocenters. The van der Waals surface area contributed by atoms with Crippen LogP contribution < -0.4 is 0 Å². The standard InChI is InChI=1S/C14H18ClNO3/c1-16(8-4-7-13(17)19-2)14(18)12-6-3-5-11(9-12)10-15/h3,5-6,9H,4,7-8,10H2,1-2H3. The number of nitrogens with zero attached hydrogens (tertiary/aromatic N) is 1. The molecule has 0 aliphatic rings. The molecule has 0 saturated carbocycles. The van der Waals surface area contributed by atoms with E-state index in [1.54, 1.807) is 24.1 Å². The molecule has 0 atom stereocenters. The maximum atomic E-state index is 12.1. The van der Waals surface area contributed by atoms with Crippen molar-refractivity contribution in [3.8, 4) is 0 Å². The highest BCUT2D eigenvalue weighted by atomic mass is 35.5. The first-order chi connectivity index (χ1) is 9.08. The van der Waals surface area contributed by atoms with Gasteiger partial charge in [0.05, 0.1) is 7.11 Å². The number of carbonyl (C=O) groups excluding carboxylic acids is 2. The molecule has 0 spiro atoms. The van der Waals surface area contributed by atoms with Crippen LogP contribution in [0.25, 0.3) is 0 Å². The van der Waals surface area contributed by atoms with Gasteiger partial charge in [-0.25, -0.2) is 0 Å². The summed E-state index contributed by atoms with van der Waals surface area (Å²) in [4.78, 5) is 24.7. The van der Waals surface area contributed by atoms with E-state index in [9.17, 15) is 9.59 Å². The average molecular weight is 284 g/mol. The summed E-state index contributed by atoms with van der Waals surface area (Å²) in [5, 5.41) is 0. The van der Waals surface area contributed by atoms with E-state index in [0.29, 0.717) is 30.8 Å². The van der Waals surface area contributed by atoms with Gasteiger partial charge in [0.25, 0.3) is 5.91 Å². The highest BCUT2D eigenvalue weighted by molar-refractivity contribution is 6.17. The van der Waals surface area contributed by atoms with Crippen LogP contribution in [-0.4, -0.2) is 37.5 Å². The van der Waals surface area contributed by atoms with Crippen molar-refractivity contribution in [2.45, 2.75) is 18.7 Å². The number of esters is 1. The number of hydrogen-bond acceptors (Lipinski definition) is 3. The van der Waals surface area contributed by atoms with Gasteiger partial charge >= 0.3 is 5.97 Å². The third kappa shape index (κ3) is 4.91. The van der Waals surface area contributed by atoms with Crippen molar-refractivity contribution >= 4 is 23.5 Å². The molecule has 5 heteroatoms. The first-order valence-corrected chi connectivity index (χ1v) is 6.59. The van der Waals surface area contributed by atoms with E-state index < -0.39 is 0 Å². The molecule has 0 saturated heterocycles. The molecule has 0 aliphatic heterocycles. The van der Waals surface area contributed by atoms with Crippen LogP contribution in [0, 0.1) is 0 Å². The molecule has 1 aromatic carbocycles. The minimum Gasteiger partial charge on any atom is -0.469 e. The number of ether oxygens (including phenoxy) is 1. The molecule has 0 fully saturated rings. The lowest BCUT2D eigenvalue weighted by molar-refractivity contribution is -0.140. The highest BCUT2D eigenvalue weighted by Crippen LogP contribution is 2.10. The molecule has 0 N–H and O–H groups in total. The summed E-state index contributed by atoms with van der Waals surface area (Å²) < 4.78 is 4.55. The molecular formula is C14H18ClNO3. The summed E-state index contributed by atoms with van der Waals surface area (Å²) in [6, 6.07) is 7.23. The fraction of sp³-hybridized carbons (Fsp3) is 0.429. The van der Waals surface area contributed by atoms with Crippen molar-refractivity contribution in [2.75, 3.05) is 20.7 Å². The summed E-state index contributed by atoms with van der Waals surface area (Å²) in [6.45, 7) is 0.513. The van der Waals surface area contributed by atoms with E-state index >= 15 is 0 Å². The molecule has 0 aromatic heterocycles. The molecule has 0 radical (unpaired) electrons. The predicted molar refractivity (Wildman–Crippen MR) is 74.2 cm³/mol. The van der Waals surface area contributed by atoms with Gasteiger partial charge < -0.3 is 9.64 Å². The van der Waals surface area contributed by atoms with Crippen molar-refractivity contribution < 1.29 is 14.3 Å². The monoisotopic (exact) mass is 283 g/mol. The van der Waals surface area contributed by atoms with Crippen LogP contribution in [0.5, 0.6) is 0 Å². The fourth-order valence-corrected chi connectivity index (χ4v) is 1.84. The zero-order chi connectivity index (χ0) is 14.3. The minimum atomic E-state index is -0.259. The Morgan fingerprint density at radius 1 is 1.37 bits per heavy atom. The zero-order valence-electron chi connectivity index (χ0n) is 11.2. The maximum Gasteiger partial charge on any atom is 0.305 e. The SMILES string of the molecule is COC(=O)CCCN(C)C(=O)c1cccc(CCl)c1. The van der Waals surface area contributed by atoms with Crippen molar-refractivity contribution in [2.24, 2.45) is 0 Å². The number of carbonyl (C=O) groups is 2. The molecule has 19 heavy (non-hydrogen) atoms. The van der Waals surface area contributed by atoms with E-state index in [1.165, 1.54) is 7.11 Å². The van der Waals surface area contributed by atoms with Gasteiger partial charge in [0.1, 0.15) is 0 Å². The van der Waals surface area contributed by atoms with Gasteiger partial charge in [-0.3, -0.25) is 9.59 Å². The molecule has 0 heterocycles. The van der Waals surface area contributed by atoms with Crippen LogP contribution in [0.15, 0.2) is 24.3 Å². The molecule has 1 rings (SSSR count). The summed E-state index contributed by atoms with van der Waals surface area (Å²) in [5.74, 6) is 0.0505. The Labute approximate surface area is 118 Å². The topological polar surface area (TPSA) is 46.6 Å². The lowest BCUT2D eigenvalue weighted by atomic mass is 10.1. The lowest BCUT2D eigenvalue weighted by Gasteiger charge is -2.17. The largest absolute Gasteiger partial charge is 0.469 e. The molecule has 1 amide bonds. The van der Waals surface area contributed by atoms with E-state index in [4.69, 9.17) is 11.6 Å². The number of halogens is 1. The fourth-order valence-electron chi connectivity index (χ4n) is 1.67. The second-order valence-corrected chi connectivity index (χ2v) is 4.51. The summed E-state index contributed by atoms with van der Waals surface area (Å²) in [7, 11) is 3.07. The zero-order valence-corrected chi connectivity index (χ0v) is 11.9. The smallest absolute Gasteiger partial charge is 0.305 e. The van der Waals surface area contributed by atoms with Gasteiger partial charge in [0, 0.05) is 31.5 Å². The van der Waals surface area contributed by atoms with Crippen LogP contribution >= 0.6 is 11.6 Å². The van der Waals surface area contributed by atoms with Gasteiger partial charge in [0.15, 0.2) is 0 Å². The van der Waals surface area contributed by atoms with E-state index in [0.717, 1.165) is 5.56 Å². The van der Waals surface area contributed by atoms with Crippen LogP contribution in [0.3, 0.4) is 0 Å². The van der Waals surface area contributed by atoms with Crippen molar-refractivity contribution in [1.29, 1.82) is 0 Å². The highest BCUT2D eigenvalue weighted by Gasteiger charge is 2.12. The van der Waals surface area contributed by atoms with Crippen LogP contribution in [0.1, 0.15) is 28.8 Å². The number of methoxy groups -OCH3 is 1. The Bertz CT molecular complexity index is 448. The number of alkyl halides is 1. The average Bonchev–Trinajstić information content (AvgIpc) is 2.46. The van der Waals surface area contributed by atoms with Crippen LogP contribution in [-0.2, 0) is 15.4 Å². The summed E-state index contributed by atoms with van der Waals surface area (Å²) >= 11 is 5.74. The van der Waals surface area contributed by atoms with Crippen LogP contribution in [0.4, 0.5) is 0 Å². The first kappa shape index (κ1) is 15.5. The van der Waals surface area contributed by atoms with Gasteiger partial charge in [-0.2, -0.15) is 0 Å². The van der Waals surface area contributed by atoms with Crippen molar-refractivity contribution in [3.05, 3.63) is 35.4 Å². The summed E-state index contributed by atoms with van der Waals surface area (Å²) in [5.41, 5.74) is 1.52. The third-order valence-corrected chi connectivity index (χ3v) is 3.09. The lowest BCUT2D eigenvalue weighted by Crippen LogP contribution is -2.28. The molecule has 1 aromatic rings. The molecule has 0 bridgehead atoms. The Hall–Kier alpha value is -1.55. The predicted octanol–water partition coefficient (Wildman–Crippen LogP) is 2.45. The van der Waals surface area contributed by atoms with Gasteiger partial charge in [0.2, 0.25) is 0 Å². The Morgan fingerprint density at radius 3 is 2.74 bits per heavy atom. The quantitative estimate of drug-likeness (QED) is 0.595. The number of amides is 1. The first-order valence-electron chi connectivity index (χ1n) is 6.05. The van der Waals surface area contributed by atoms with Crippen molar-refractivity contribution in [1.82, 2.24) is 4.90 Å². The Morgan fingerprint density at radius 2 is 2.11 bits per heavy atom. The minimum absolute atomic E-state index is 0.0724. The van der Waals surface area contributed by atoms with Gasteiger partial charge in [-0.05, 0) is 24.1 Å². The number of hydrogen-bond donors (Lipinski definition) is 0. The normalized spacial score (nSPS) is 10.1. The van der Waals surface area contributed by atoms with Gasteiger partial charge in [-0.15, -0.1) is 11.6 Å². The number of benzene rings is 1. The van der Waals surface area contributed by atoms with E-state index in [-0.39, 0.29) is 11.9 Å². The van der Waals surface area contributed by atoms with E-state index in [2.05, 4.69) is 4.74 Å². The Kier molecular flexibility index (Phi) is 6.36. The molecule has 4 nitrogen and oxygen atoms in total. The summed E-state index contributed by atoms with van der Waals surface area (Å²) in [6.07, 6.45) is 0.903. The number of rotatable bonds is 6.